The highest BCUT2D eigenvalue weighted by atomic mass is 35.5. The van der Waals surface area contributed by atoms with E-state index in [1.165, 1.54) is 13.1 Å². The van der Waals surface area contributed by atoms with E-state index in [2.05, 4.69) is 15.4 Å². The summed E-state index contributed by atoms with van der Waals surface area (Å²) in [5, 5.41) is 7.25. The summed E-state index contributed by atoms with van der Waals surface area (Å²) >= 11 is 5.97. The van der Waals surface area contributed by atoms with Crippen LogP contribution in [0.4, 0.5) is 5.69 Å². The number of esters is 1. The molecular weight excluding hydrogens is 432 g/mol. The second kappa shape index (κ2) is 9.07. The lowest BCUT2D eigenvalue weighted by atomic mass is 10.2. The second-order valence-corrected chi connectivity index (χ2v) is 7.32. The number of anilines is 1. The van der Waals surface area contributed by atoms with Gasteiger partial charge in [-0.05, 0) is 50.2 Å². The molecule has 32 heavy (non-hydrogen) atoms. The quantitative estimate of drug-likeness (QED) is 0.338. The van der Waals surface area contributed by atoms with Crippen LogP contribution in [-0.2, 0) is 9.53 Å². The molecule has 8 nitrogen and oxygen atoms in total. The molecule has 1 unspecified atom stereocenters. The number of nitrogens with one attached hydrogen (secondary N) is 1. The molecule has 0 radical (unpaired) electrons. The molecule has 4 aromatic rings. The molecule has 162 valence electrons. The summed E-state index contributed by atoms with van der Waals surface area (Å²) in [7, 11) is 0. The summed E-state index contributed by atoms with van der Waals surface area (Å²) in [6, 6.07) is 16.1. The fourth-order valence-corrected chi connectivity index (χ4v) is 3.14. The highest BCUT2D eigenvalue weighted by Gasteiger charge is 2.26. The first-order valence-electron chi connectivity index (χ1n) is 9.76. The zero-order chi connectivity index (χ0) is 22.7. The summed E-state index contributed by atoms with van der Waals surface area (Å²) in [6.07, 6.45) is 1.96. The number of halogens is 1. The minimum absolute atomic E-state index is 0.138. The van der Waals surface area contributed by atoms with Crippen molar-refractivity contribution in [3.63, 3.8) is 0 Å². The number of hydrogen-bond acceptors (Lipinski definition) is 6. The van der Waals surface area contributed by atoms with Gasteiger partial charge in [-0.2, -0.15) is 5.10 Å². The van der Waals surface area contributed by atoms with Gasteiger partial charge in [0.25, 0.3) is 5.91 Å². The lowest BCUT2D eigenvalue weighted by Gasteiger charge is -2.13. The van der Waals surface area contributed by atoms with Crippen LogP contribution < -0.4 is 5.32 Å². The maximum absolute atomic E-state index is 13.0. The summed E-state index contributed by atoms with van der Waals surface area (Å²) in [6.45, 7) is 3.27. The van der Waals surface area contributed by atoms with E-state index >= 15 is 0 Å². The summed E-state index contributed by atoms with van der Waals surface area (Å²) in [5.41, 5.74) is 1.57. The fourth-order valence-electron chi connectivity index (χ4n) is 2.97. The Morgan fingerprint density at radius 2 is 1.91 bits per heavy atom. The number of amides is 1. The molecule has 1 N–H and O–H groups in total. The Kier molecular flexibility index (Phi) is 6.04. The predicted octanol–water partition coefficient (Wildman–Crippen LogP) is 4.67. The molecule has 1 amide bonds. The van der Waals surface area contributed by atoms with E-state index in [1.54, 1.807) is 42.1 Å². The summed E-state index contributed by atoms with van der Waals surface area (Å²) < 4.78 is 12.6. The van der Waals surface area contributed by atoms with Crippen molar-refractivity contribution in [2.24, 2.45) is 0 Å². The number of carbonyl (C=O) groups is 2. The van der Waals surface area contributed by atoms with Gasteiger partial charge in [0.05, 0.1) is 11.4 Å². The number of aromatic nitrogens is 3. The van der Waals surface area contributed by atoms with Gasteiger partial charge in [-0.1, -0.05) is 29.8 Å². The molecule has 3 aromatic heterocycles. The normalized spacial score (nSPS) is 11.7. The van der Waals surface area contributed by atoms with Crippen molar-refractivity contribution in [1.82, 2.24) is 14.8 Å². The number of benzene rings is 1. The van der Waals surface area contributed by atoms with Crippen LogP contribution in [0.3, 0.4) is 0 Å². The van der Waals surface area contributed by atoms with Crippen molar-refractivity contribution in [3.05, 3.63) is 83.5 Å². The number of pyridine rings is 1. The fraction of sp³-hybridized carbons (Fsp3) is 0.130. The predicted molar refractivity (Wildman–Crippen MR) is 119 cm³/mol. The van der Waals surface area contributed by atoms with E-state index in [9.17, 15) is 9.59 Å². The Hall–Kier alpha value is -3.91. The lowest BCUT2D eigenvalue weighted by Crippen LogP contribution is -2.30. The third-order valence-electron chi connectivity index (χ3n) is 4.60. The first-order chi connectivity index (χ1) is 15.4. The van der Waals surface area contributed by atoms with Crippen LogP contribution in [0.5, 0.6) is 0 Å². The van der Waals surface area contributed by atoms with Crippen molar-refractivity contribution in [3.8, 4) is 17.1 Å². The Bertz CT molecular complexity index is 1270. The maximum Gasteiger partial charge on any atom is 0.342 e. The van der Waals surface area contributed by atoms with Gasteiger partial charge in [-0.25, -0.2) is 14.5 Å². The smallest absolute Gasteiger partial charge is 0.342 e. The minimum Gasteiger partial charge on any atom is -0.460 e. The zero-order valence-electron chi connectivity index (χ0n) is 17.3. The third kappa shape index (κ3) is 4.55. The van der Waals surface area contributed by atoms with E-state index in [-0.39, 0.29) is 10.7 Å². The average molecular weight is 451 g/mol. The van der Waals surface area contributed by atoms with E-state index < -0.39 is 18.0 Å². The number of carbonyl (C=O) groups excluding carboxylic acids is 2. The number of aryl methyl sites for hydroxylation is 1. The molecule has 1 atom stereocenters. The Balaban J connectivity index is 1.59. The SMILES string of the molecule is Cc1ccc(-c2nn(-c3ccccc3)cc2C(=O)OC(C)C(=O)Nc2cccnc2Cl)o1. The van der Waals surface area contributed by atoms with Gasteiger partial charge < -0.3 is 14.5 Å². The molecule has 0 spiro atoms. The van der Waals surface area contributed by atoms with Crippen LogP contribution >= 0.6 is 11.6 Å². The van der Waals surface area contributed by atoms with Crippen LogP contribution in [0.1, 0.15) is 23.0 Å². The minimum atomic E-state index is -1.09. The van der Waals surface area contributed by atoms with E-state index in [0.29, 0.717) is 22.9 Å². The number of nitrogens with zero attached hydrogens (tertiary/aromatic N) is 3. The van der Waals surface area contributed by atoms with Gasteiger partial charge in [-0.3, -0.25) is 4.79 Å². The van der Waals surface area contributed by atoms with E-state index in [0.717, 1.165) is 5.69 Å². The van der Waals surface area contributed by atoms with E-state index in [4.69, 9.17) is 20.8 Å². The van der Waals surface area contributed by atoms with E-state index in [1.807, 2.05) is 30.3 Å². The van der Waals surface area contributed by atoms with Gasteiger partial charge >= 0.3 is 5.97 Å². The molecule has 3 heterocycles. The molecule has 0 aliphatic rings. The molecule has 0 saturated carbocycles. The van der Waals surface area contributed by atoms with Crippen molar-refractivity contribution < 1.29 is 18.7 Å². The molecule has 1 aromatic carbocycles. The van der Waals surface area contributed by atoms with Gasteiger partial charge in [0, 0.05) is 12.4 Å². The lowest BCUT2D eigenvalue weighted by molar-refractivity contribution is -0.123. The molecular formula is C23H19ClN4O4. The van der Waals surface area contributed by atoms with Gasteiger partial charge in [0.15, 0.2) is 17.0 Å². The number of furan rings is 1. The standard InChI is InChI=1S/C23H19ClN4O4/c1-14-10-11-19(31-14)20-17(13-28(27-20)16-7-4-3-5-8-16)23(30)32-15(2)22(29)26-18-9-6-12-25-21(18)24/h3-13,15H,1-2H3,(H,26,29). The van der Waals surface area contributed by atoms with Gasteiger partial charge in [-0.15, -0.1) is 0 Å². The highest BCUT2D eigenvalue weighted by molar-refractivity contribution is 6.32. The molecule has 0 aliphatic carbocycles. The van der Waals surface area contributed by atoms with Crippen molar-refractivity contribution in [2.75, 3.05) is 5.32 Å². The van der Waals surface area contributed by atoms with Crippen molar-refractivity contribution >= 4 is 29.2 Å². The molecule has 9 heteroatoms. The monoisotopic (exact) mass is 450 g/mol. The van der Waals surface area contributed by atoms with Crippen LogP contribution in [0.2, 0.25) is 5.15 Å². The Morgan fingerprint density at radius 1 is 1.12 bits per heavy atom. The summed E-state index contributed by atoms with van der Waals surface area (Å²) in [5.74, 6) is -0.159. The average Bonchev–Trinajstić information content (AvgIpc) is 3.42. The maximum atomic E-state index is 13.0. The van der Waals surface area contributed by atoms with Crippen molar-refractivity contribution in [1.29, 1.82) is 0 Å². The largest absolute Gasteiger partial charge is 0.460 e. The molecule has 0 fully saturated rings. The molecule has 4 rings (SSSR count). The van der Waals surface area contributed by atoms with Crippen LogP contribution in [0, 0.1) is 6.92 Å². The topological polar surface area (TPSA) is 99.2 Å². The van der Waals surface area contributed by atoms with Crippen molar-refractivity contribution in [2.45, 2.75) is 20.0 Å². The van der Waals surface area contributed by atoms with Crippen LogP contribution in [0.25, 0.3) is 17.1 Å². The molecule has 0 saturated heterocycles. The number of para-hydroxylation sites is 1. The zero-order valence-corrected chi connectivity index (χ0v) is 18.0. The Morgan fingerprint density at radius 3 is 2.59 bits per heavy atom. The Labute approximate surface area is 188 Å². The van der Waals surface area contributed by atoms with Crippen LogP contribution in [0.15, 0.2) is 71.4 Å². The molecule has 0 bridgehead atoms. The number of ether oxygens (including phenoxy) is 1. The first kappa shape index (κ1) is 21.3. The highest BCUT2D eigenvalue weighted by Crippen LogP contribution is 2.27. The number of rotatable bonds is 6. The third-order valence-corrected chi connectivity index (χ3v) is 4.90. The van der Waals surface area contributed by atoms with Gasteiger partial charge in [0.1, 0.15) is 17.0 Å². The summed E-state index contributed by atoms with van der Waals surface area (Å²) in [4.78, 5) is 29.4. The second-order valence-electron chi connectivity index (χ2n) is 6.96. The first-order valence-corrected chi connectivity index (χ1v) is 10.1. The number of hydrogen-bond donors (Lipinski definition) is 1. The van der Waals surface area contributed by atoms with Crippen LogP contribution in [-0.4, -0.2) is 32.7 Å². The van der Waals surface area contributed by atoms with Gasteiger partial charge in [0.2, 0.25) is 0 Å². The molecule has 0 aliphatic heterocycles.